The molecular formula is C21H26N4OS. The number of thiophene rings is 1. The fourth-order valence-electron chi connectivity index (χ4n) is 3.61. The van der Waals surface area contributed by atoms with Crippen LogP contribution in [0, 0.1) is 12.3 Å². The molecular weight excluding hydrogens is 356 g/mol. The second-order valence-electron chi connectivity index (χ2n) is 8.56. The standard InChI is InChI=1S/C21H26N4OS/c1-12-17-14(11-15(13-8-9-13)22-19(17)25(5)24-12)20(26)23-18(21(2,3)4)16-7-6-10-27-16/h6-7,10-11,13,18H,8-9H2,1-5H3,(H,23,26)/t18-/m0/s1. The molecule has 1 aliphatic rings. The van der Waals surface area contributed by atoms with Gasteiger partial charge in [0.2, 0.25) is 0 Å². The summed E-state index contributed by atoms with van der Waals surface area (Å²) in [7, 11) is 1.89. The van der Waals surface area contributed by atoms with Crippen molar-refractivity contribution in [3.8, 4) is 0 Å². The minimum atomic E-state index is -0.0873. The van der Waals surface area contributed by atoms with Gasteiger partial charge in [-0.05, 0) is 42.7 Å². The van der Waals surface area contributed by atoms with Crippen molar-refractivity contribution < 1.29 is 4.79 Å². The number of nitrogens with one attached hydrogen (secondary N) is 1. The Labute approximate surface area is 163 Å². The second-order valence-corrected chi connectivity index (χ2v) is 9.54. The number of rotatable bonds is 4. The number of hydrogen-bond donors (Lipinski definition) is 1. The fourth-order valence-corrected chi connectivity index (χ4v) is 4.63. The maximum absolute atomic E-state index is 13.4. The maximum atomic E-state index is 13.4. The normalized spacial score (nSPS) is 15.9. The predicted octanol–water partition coefficient (Wildman–Crippen LogP) is 4.73. The Morgan fingerprint density at radius 1 is 1.37 bits per heavy atom. The molecule has 3 heterocycles. The number of hydrogen-bond acceptors (Lipinski definition) is 4. The topological polar surface area (TPSA) is 59.8 Å². The third kappa shape index (κ3) is 3.38. The molecule has 3 aromatic heterocycles. The van der Waals surface area contributed by atoms with Gasteiger partial charge in [0.15, 0.2) is 5.65 Å². The first-order valence-electron chi connectivity index (χ1n) is 9.44. The van der Waals surface area contributed by atoms with Crippen LogP contribution in [0.3, 0.4) is 0 Å². The van der Waals surface area contributed by atoms with Crippen LogP contribution in [0.5, 0.6) is 0 Å². The number of carbonyl (C=O) groups is 1. The van der Waals surface area contributed by atoms with Crippen molar-refractivity contribution in [3.05, 3.63) is 45.4 Å². The zero-order valence-electron chi connectivity index (χ0n) is 16.5. The Hall–Kier alpha value is -2.21. The number of aryl methyl sites for hydroxylation is 2. The van der Waals surface area contributed by atoms with E-state index in [4.69, 9.17) is 4.98 Å². The van der Waals surface area contributed by atoms with E-state index in [1.54, 1.807) is 16.0 Å². The third-order valence-corrected chi connectivity index (χ3v) is 6.14. The molecule has 0 unspecified atom stereocenters. The average molecular weight is 383 g/mol. The molecule has 1 fully saturated rings. The first-order chi connectivity index (χ1) is 12.8. The van der Waals surface area contributed by atoms with Crippen LogP contribution in [0.15, 0.2) is 23.6 Å². The van der Waals surface area contributed by atoms with Gasteiger partial charge < -0.3 is 5.32 Å². The molecule has 27 heavy (non-hydrogen) atoms. The summed E-state index contributed by atoms with van der Waals surface area (Å²) in [6.07, 6.45) is 2.30. The van der Waals surface area contributed by atoms with Crippen molar-refractivity contribution in [3.63, 3.8) is 0 Å². The van der Waals surface area contributed by atoms with Gasteiger partial charge >= 0.3 is 0 Å². The quantitative estimate of drug-likeness (QED) is 0.709. The molecule has 142 valence electrons. The lowest BCUT2D eigenvalue weighted by atomic mass is 9.85. The van der Waals surface area contributed by atoms with Gasteiger partial charge in [-0.3, -0.25) is 9.48 Å². The number of carbonyl (C=O) groups excluding carboxylic acids is 1. The number of amides is 1. The predicted molar refractivity (Wildman–Crippen MR) is 109 cm³/mol. The summed E-state index contributed by atoms with van der Waals surface area (Å²) in [5.74, 6) is 0.431. The molecule has 1 aliphatic carbocycles. The number of fused-ring (bicyclic) bond motifs is 1. The van der Waals surface area contributed by atoms with E-state index in [2.05, 4.69) is 42.6 Å². The zero-order valence-corrected chi connectivity index (χ0v) is 17.4. The van der Waals surface area contributed by atoms with E-state index in [-0.39, 0.29) is 17.4 Å². The number of aromatic nitrogens is 3. The van der Waals surface area contributed by atoms with Crippen molar-refractivity contribution in [2.75, 3.05) is 0 Å². The number of pyridine rings is 1. The first-order valence-corrected chi connectivity index (χ1v) is 10.3. The molecule has 1 atom stereocenters. The SMILES string of the molecule is Cc1nn(C)c2nc(C3CC3)cc(C(=O)N[C@@H](c3cccs3)C(C)(C)C)c12. The Balaban J connectivity index is 1.78. The summed E-state index contributed by atoms with van der Waals surface area (Å²) in [6.45, 7) is 8.42. The average Bonchev–Trinajstić information content (AvgIpc) is 3.24. The molecule has 1 saturated carbocycles. The van der Waals surface area contributed by atoms with Crippen molar-refractivity contribution in [2.45, 2.75) is 52.5 Å². The van der Waals surface area contributed by atoms with E-state index < -0.39 is 0 Å². The van der Waals surface area contributed by atoms with Gasteiger partial charge in [0.1, 0.15) is 0 Å². The van der Waals surface area contributed by atoms with Crippen LogP contribution < -0.4 is 5.32 Å². The van der Waals surface area contributed by atoms with Gasteiger partial charge in [0.25, 0.3) is 5.91 Å². The minimum Gasteiger partial charge on any atom is -0.344 e. The van der Waals surface area contributed by atoms with Crippen LogP contribution in [0.2, 0.25) is 0 Å². The second kappa shape index (κ2) is 6.44. The lowest BCUT2D eigenvalue weighted by Crippen LogP contribution is -2.36. The van der Waals surface area contributed by atoms with Crippen LogP contribution in [0.4, 0.5) is 0 Å². The molecule has 0 spiro atoms. The van der Waals surface area contributed by atoms with E-state index in [0.717, 1.165) is 35.3 Å². The molecule has 0 aliphatic heterocycles. The molecule has 5 nitrogen and oxygen atoms in total. The van der Waals surface area contributed by atoms with Crippen LogP contribution in [0.1, 0.15) is 72.2 Å². The molecule has 0 saturated heterocycles. The summed E-state index contributed by atoms with van der Waals surface area (Å²) in [4.78, 5) is 19.4. The van der Waals surface area contributed by atoms with Gasteiger partial charge in [-0.1, -0.05) is 26.8 Å². The lowest BCUT2D eigenvalue weighted by Gasteiger charge is -2.31. The monoisotopic (exact) mass is 382 g/mol. The highest BCUT2D eigenvalue weighted by Gasteiger charge is 2.32. The van der Waals surface area contributed by atoms with Crippen molar-refractivity contribution >= 4 is 28.3 Å². The maximum Gasteiger partial charge on any atom is 0.252 e. The molecule has 0 radical (unpaired) electrons. The Kier molecular flexibility index (Phi) is 4.34. The lowest BCUT2D eigenvalue weighted by molar-refractivity contribution is 0.0905. The Morgan fingerprint density at radius 2 is 2.11 bits per heavy atom. The minimum absolute atomic E-state index is 0.0467. The van der Waals surface area contributed by atoms with Crippen molar-refractivity contribution in [1.82, 2.24) is 20.1 Å². The van der Waals surface area contributed by atoms with E-state index in [9.17, 15) is 4.79 Å². The summed E-state index contributed by atoms with van der Waals surface area (Å²) in [5, 5.41) is 10.7. The molecule has 6 heteroatoms. The van der Waals surface area contributed by atoms with Gasteiger partial charge in [0, 0.05) is 23.5 Å². The Bertz CT molecular complexity index is 994. The van der Waals surface area contributed by atoms with Crippen LogP contribution in [-0.4, -0.2) is 20.7 Å². The largest absolute Gasteiger partial charge is 0.344 e. The van der Waals surface area contributed by atoms with Crippen LogP contribution in [0.25, 0.3) is 11.0 Å². The zero-order chi connectivity index (χ0) is 19.3. The summed E-state index contributed by atoms with van der Waals surface area (Å²) < 4.78 is 1.79. The molecule has 1 N–H and O–H groups in total. The third-order valence-electron chi connectivity index (χ3n) is 5.20. The molecule has 0 aromatic carbocycles. The molecule has 1 amide bonds. The number of nitrogens with zero attached hydrogens (tertiary/aromatic N) is 3. The van der Waals surface area contributed by atoms with E-state index >= 15 is 0 Å². The first kappa shape index (κ1) is 18.2. The molecule has 3 aromatic rings. The highest BCUT2D eigenvalue weighted by Crippen LogP contribution is 2.41. The Morgan fingerprint density at radius 3 is 2.70 bits per heavy atom. The highest BCUT2D eigenvalue weighted by molar-refractivity contribution is 7.10. The van der Waals surface area contributed by atoms with E-state index in [0.29, 0.717) is 11.5 Å². The van der Waals surface area contributed by atoms with Crippen LogP contribution >= 0.6 is 11.3 Å². The summed E-state index contributed by atoms with van der Waals surface area (Å²) >= 11 is 1.68. The van der Waals surface area contributed by atoms with Gasteiger partial charge in [-0.25, -0.2) is 4.98 Å². The highest BCUT2D eigenvalue weighted by atomic mass is 32.1. The fraction of sp³-hybridized carbons (Fsp3) is 0.476. The molecule has 0 bridgehead atoms. The van der Waals surface area contributed by atoms with Crippen molar-refractivity contribution in [2.24, 2.45) is 12.5 Å². The van der Waals surface area contributed by atoms with E-state index in [1.807, 2.05) is 26.1 Å². The van der Waals surface area contributed by atoms with Gasteiger partial charge in [0.05, 0.1) is 22.7 Å². The smallest absolute Gasteiger partial charge is 0.252 e. The van der Waals surface area contributed by atoms with Crippen LogP contribution in [-0.2, 0) is 7.05 Å². The summed E-state index contributed by atoms with van der Waals surface area (Å²) in [6, 6.07) is 6.06. The molecule has 4 rings (SSSR count). The van der Waals surface area contributed by atoms with Crippen molar-refractivity contribution in [1.29, 1.82) is 0 Å². The summed E-state index contributed by atoms with van der Waals surface area (Å²) in [5.41, 5.74) is 3.26. The van der Waals surface area contributed by atoms with Gasteiger partial charge in [-0.15, -0.1) is 11.3 Å². The van der Waals surface area contributed by atoms with E-state index in [1.165, 1.54) is 4.88 Å². The van der Waals surface area contributed by atoms with Gasteiger partial charge in [-0.2, -0.15) is 5.10 Å².